The van der Waals surface area contributed by atoms with Crippen LogP contribution in [0.15, 0.2) is 48.8 Å². The third-order valence-electron chi connectivity index (χ3n) is 6.91. The molecule has 45 heavy (non-hydrogen) atoms. The van der Waals surface area contributed by atoms with Crippen molar-refractivity contribution in [2.24, 2.45) is 0 Å². The van der Waals surface area contributed by atoms with Crippen molar-refractivity contribution in [3.05, 3.63) is 60.3 Å². The first-order valence-corrected chi connectivity index (χ1v) is 14.3. The molecule has 0 aliphatic carbocycles. The highest BCUT2D eigenvalue weighted by atomic mass is 19.1. The van der Waals surface area contributed by atoms with Crippen molar-refractivity contribution in [1.82, 2.24) is 24.8 Å². The van der Waals surface area contributed by atoms with E-state index in [1.807, 2.05) is 18.7 Å². The first-order valence-electron chi connectivity index (χ1n) is 14.3. The highest BCUT2D eigenvalue weighted by Gasteiger charge is 2.40. The van der Waals surface area contributed by atoms with Crippen LogP contribution in [0.5, 0.6) is 17.4 Å². The summed E-state index contributed by atoms with van der Waals surface area (Å²) in [6.45, 7) is 11.9. The Labute approximate surface area is 261 Å². The van der Waals surface area contributed by atoms with Gasteiger partial charge >= 0.3 is 6.09 Å². The topological polar surface area (TPSA) is 148 Å². The molecular weight excluding hydrogens is 585 g/mol. The van der Waals surface area contributed by atoms with Crippen LogP contribution in [0, 0.1) is 5.82 Å². The number of aromatic nitrogens is 3. The third kappa shape index (κ3) is 8.62. The molecule has 1 aliphatic rings. The molecule has 4 rings (SSSR count). The Morgan fingerprint density at radius 3 is 2.27 bits per heavy atom. The number of rotatable bonds is 8. The fourth-order valence-electron chi connectivity index (χ4n) is 4.70. The van der Waals surface area contributed by atoms with Crippen molar-refractivity contribution in [3.8, 4) is 17.4 Å². The van der Waals surface area contributed by atoms with Gasteiger partial charge in [-0.05, 0) is 77.9 Å². The van der Waals surface area contributed by atoms with Gasteiger partial charge in [0.25, 0.3) is 11.8 Å². The molecular formula is C31H38FN7O6. The molecule has 1 aliphatic heterocycles. The molecule has 0 saturated carbocycles. The van der Waals surface area contributed by atoms with Gasteiger partial charge in [-0.2, -0.15) is 0 Å². The number of methoxy groups -OCH3 is 1. The van der Waals surface area contributed by atoms with Gasteiger partial charge in [0.05, 0.1) is 31.1 Å². The Hall–Kier alpha value is -4.85. The lowest BCUT2D eigenvalue weighted by Crippen LogP contribution is -2.63. The number of amides is 3. The van der Waals surface area contributed by atoms with Crippen molar-refractivity contribution in [2.75, 3.05) is 37.4 Å². The molecule has 1 atom stereocenters. The fraction of sp³-hybridized carbons (Fsp3) is 0.419. The maximum absolute atomic E-state index is 13.6. The number of anilines is 2. The largest absolute Gasteiger partial charge is 0.478 e. The highest BCUT2D eigenvalue weighted by Crippen LogP contribution is 2.27. The van der Waals surface area contributed by atoms with E-state index >= 15 is 0 Å². The molecule has 3 aromatic rings. The van der Waals surface area contributed by atoms with E-state index in [0.29, 0.717) is 37.0 Å². The van der Waals surface area contributed by atoms with Crippen LogP contribution in [0.2, 0.25) is 0 Å². The lowest BCUT2D eigenvalue weighted by atomic mass is 9.97. The molecule has 2 N–H and O–H groups in total. The molecule has 0 bridgehead atoms. The van der Waals surface area contributed by atoms with Crippen molar-refractivity contribution in [2.45, 2.75) is 58.7 Å². The van der Waals surface area contributed by atoms with E-state index in [2.05, 4.69) is 25.6 Å². The van der Waals surface area contributed by atoms with Crippen molar-refractivity contribution >= 4 is 29.5 Å². The summed E-state index contributed by atoms with van der Waals surface area (Å²) >= 11 is 0. The summed E-state index contributed by atoms with van der Waals surface area (Å²) in [7, 11) is 1.38. The predicted octanol–water partition coefficient (Wildman–Crippen LogP) is 4.72. The van der Waals surface area contributed by atoms with Gasteiger partial charge < -0.3 is 24.4 Å². The van der Waals surface area contributed by atoms with Crippen LogP contribution in [-0.4, -0.2) is 86.6 Å². The van der Waals surface area contributed by atoms with Crippen LogP contribution < -0.4 is 20.1 Å². The molecule has 3 amide bonds. The summed E-state index contributed by atoms with van der Waals surface area (Å²) in [6.07, 6.45) is 2.00. The Morgan fingerprint density at radius 1 is 0.978 bits per heavy atom. The summed E-state index contributed by atoms with van der Waals surface area (Å²) in [6, 6.07) is 8.35. The third-order valence-corrected chi connectivity index (χ3v) is 6.91. The molecule has 0 radical (unpaired) electrons. The zero-order valence-electron chi connectivity index (χ0n) is 26.4. The van der Waals surface area contributed by atoms with Crippen molar-refractivity contribution < 1.29 is 33.0 Å². The second-order valence-corrected chi connectivity index (χ2v) is 12.1. The molecule has 1 saturated heterocycles. The molecule has 14 heteroatoms. The number of nitrogens with one attached hydrogen (secondary N) is 2. The standard InChI is InChI=1S/C31H38FN7O6/c1-19(26(40)36-24-13-12-22(16-33-24)44-21-10-8-20(32)9-11-21)38-14-15-39(31(5,6)18-38)28(41)23-17-34-27(43-7)25(35-23)37-29(42)45-30(2,3)4/h8-13,16-17,19H,14-15,18H2,1-7H3,(H,33,36,40)(H,35,37,42)/t19-/m0/s1. The van der Waals surface area contributed by atoms with Crippen LogP contribution in [-0.2, 0) is 9.53 Å². The van der Waals surface area contributed by atoms with E-state index in [9.17, 15) is 18.8 Å². The molecule has 1 aromatic carbocycles. The van der Waals surface area contributed by atoms with Gasteiger partial charge in [0.2, 0.25) is 5.91 Å². The van der Waals surface area contributed by atoms with Crippen LogP contribution in [0.1, 0.15) is 52.0 Å². The van der Waals surface area contributed by atoms with Gasteiger partial charge in [-0.1, -0.05) is 0 Å². The Balaban J connectivity index is 1.37. The van der Waals surface area contributed by atoms with E-state index in [4.69, 9.17) is 14.2 Å². The van der Waals surface area contributed by atoms with Gasteiger partial charge in [-0.3, -0.25) is 19.8 Å². The molecule has 0 spiro atoms. The van der Waals surface area contributed by atoms with Gasteiger partial charge in [0.15, 0.2) is 5.82 Å². The zero-order valence-corrected chi connectivity index (χ0v) is 26.4. The number of piperazine rings is 1. The van der Waals surface area contributed by atoms with Gasteiger partial charge in [-0.15, -0.1) is 0 Å². The second-order valence-electron chi connectivity index (χ2n) is 12.1. The van der Waals surface area contributed by atoms with Gasteiger partial charge in [0, 0.05) is 19.6 Å². The second kappa shape index (κ2) is 13.4. The predicted molar refractivity (Wildman–Crippen MR) is 164 cm³/mol. The number of benzene rings is 1. The molecule has 3 heterocycles. The van der Waals surface area contributed by atoms with Gasteiger partial charge in [0.1, 0.15) is 34.4 Å². The number of ether oxygens (including phenoxy) is 3. The quantitative estimate of drug-likeness (QED) is 0.361. The summed E-state index contributed by atoms with van der Waals surface area (Å²) in [5, 5.41) is 5.32. The van der Waals surface area contributed by atoms with E-state index in [1.54, 1.807) is 44.7 Å². The normalized spacial score (nSPS) is 15.5. The molecule has 240 valence electrons. The van der Waals surface area contributed by atoms with Crippen molar-refractivity contribution in [1.29, 1.82) is 0 Å². The highest BCUT2D eigenvalue weighted by molar-refractivity contribution is 5.95. The SMILES string of the molecule is COc1ncc(C(=O)N2CCN([C@@H](C)C(=O)Nc3ccc(Oc4ccc(F)cc4)cn3)CC2(C)C)nc1NC(=O)OC(C)(C)C. The zero-order chi connectivity index (χ0) is 32.9. The van der Waals surface area contributed by atoms with E-state index in [0.717, 1.165) is 0 Å². The first-order chi connectivity index (χ1) is 21.1. The van der Waals surface area contributed by atoms with Crippen LogP contribution in [0.4, 0.5) is 20.8 Å². The summed E-state index contributed by atoms with van der Waals surface area (Å²) in [5.41, 5.74) is -1.40. The van der Waals surface area contributed by atoms with Crippen LogP contribution >= 0.6 is 0 Å². The van der Waals surface area contributed by atoms with E-state index < -0.39 is 23.3 Å². The molecule has 13 nitrogen and oxygen atoms in total. The lowest BCUT2D eigenvalue weighted by Gasteiger charge is -2.48. The minimum Gasteiger partial charge on any atom is -0.478 e. The number of nitrogens with zero attached hydrogens (tertiary/aromatic N) is 5. The average molecular weight is 624 g/mol. The summed E-state index contributed by atoms with van der Waals surface area (Å²) in [5.74, 6) is 0.230. The Morgan fingerprint density at radius 2 is 1.67 bits per heavy atom. The molecule has 2 aromatic heterocycles. The lowest BCUT2D eigenvalue weighted by molar-refractivity contribution is -0.122. The monoisotopic (exact) mass is 623 g/mol. The first kappa shape index (κ1) is 33.1. The number of hydrogen-bond acceptors (Lipinski definition) is 10. The minimum atomic E-state index is -0.759. The number of halogens is 1. The van der Waals surface area contributed by atoms with E-state index in [1.165, 1.54) is 43.8 Å². The van der Waals surface area contributed by atoms with Crippen molar-refractivity contribution in [3.63, 3.8) is 0 Å². The van der Waals surface area contributed by atoms with Crippen LogP contribution in [0.3, 0.4) is 0 Å². The minimum absolute atomic E-state index is 0.0205. The fourth-order valence-corrected chi connectivity index (χ4v) is 4.70. The number of carbonyl (C=O) groups excluding carboxylic acids is 3. The van der Waals surface area contributed by atoms with E-state index in [-0.39, 0.29) is 35.0 Å². The molecule has 1 fully saturated rings. The molecule has 0 unspecified atom stereocenters. The maximum atomic E-state index is 13.6. The maximum Gasteiger partial charge on any atom is 0.413 e. The summed E-state index contributed by atoms with van der Waals surface area (Å²) in [4.78, 5) is 55.4. The van der Waals surface area contributed by atoms with Crippen LogP contribution in [0.25, 0.3) is 0 Å². The number of carbonyl (C=O) groups is 3. The number of hydrogen-bond donors (Lipinski definition) is 2. The smallest absolute Gasteiger partial charge is 0.413 e. The Bertz CT molecular complexity index is 1530. The Kier molecular flexibility index (Phi) is 9.86. The average Bonchev–Trinajstić information content (AvgIpc) is 2.97. The van der Waals surface area contributed by atoms with Gasteiger partial charge in [-0.25, -0.2) is 24.1 Å². The summed E-state index contributed by atoms with van der Waals surface area (Å²) < 4.78 is 29.3. The number of pyridine rings is 1.